The number of hydrogen-bond acceptors (Lipinski definition) is 1. The Hall–Kier alpha value is -0.300. The third kappa shape index (κ3) is 2.77. The maximum atomic E-state index is 6.67. The zero-order valence-corrected chi connectivity index (χ0v) is 12.4. The lowest BCUT2D eigenvalue weighted by Gasteiger charge is -2.59. The van der Waals surface area contributed by atoms with Crippen molar-refractivity contribution in [2.45, 2.75) is 76.7 Å². The van der Waals surface area contributed by atoms with E-state index in [9.17, 15) is 0 Å². The van der Waals surface area contributed by atoms with Crippen LogP contribution in [0.2, 0.25) is 0 Å². The molecule has 0 aliphatic heterocycles. The Kier molecular flexibility index (Phi) is 4.03. The molecule has 19 heavy (non-hydrogen) atoms. The summed E-state index contributed by atoms with van der Waals surface area (Å²) in [5.41, 5.74) is 7.23. The Balaban J connectivity index is 1.51. The van der Waals surface area contributed by atoms with Crippen LogP contribution in [0.3, 0.4) is 0 Å². The number of nitrogens with two attached hydrogens (primary N) is 1. The zero-order chi connectivity index (χ0) is 13.3. The van der Waals surface area contributed by atoms with Crippen molar-refractivity contribution >= 4 is 0 Å². The molecule has 4 aliphatic carbocycles. The van der Waals surface area contributed by atoms with Crippen molar-refractivity contribution in [3.8, 4) is 0 Å². The van der Waals surface area contributed by atoms with Crippen molar-refractivity contribution in [1.29, 1.82) is 0 Å². The number of allylic oxidation sites excluding steroid dienone is 1. The minimum absolute atomic E-state index is 0.490. The van der Waals surface area contributed by atoms with Crippen LogP contribution in [-0.2, 0) is 0 Å². The second-order valence-electron chi connectivity index (χ2n) is 7.81. The highest BCUT2D eigenvalue weighted by molar-refractivity contribution is 5.05. The Morgan fingerprint density at radius 2 is 1.58 bits per heavy atom. The second-order valence-corrected chi connectivity index (χ2v) is 7.81. The molecule has 0 heterocycles. The molecule has 2 N–H and O–H groups in total. The van der Waals surface area contributed by atoms with Crippen LogP contribution in [0, 0.1) is 23.2 Å². The van der Waals surface area contributed by atoms with Gasteiger partial charge in [-0.25, -0.2) is 0 Å². The summed E-state index contributed by atoms with van der Waals surface area (Å²) in [6.07, 6.45) is 17.4. The fourth-order valence-corrected chi connectivity index (χ4v) is 5.77. The molecule has 1 nitrogen and oxygen atoms in total. The molecule has 108 valence electrons. The fraction of sp³-hybridized carbons (Fsp3) is 0.889. The van der Waals surface area contributed by atoms with Crippen LogP contribution >= 0.6 is 0 Å². The molecule has 0 aromatic heterocycles. The highest BCUT2D eigenvalue weighted by Gasteiger charge is 2.52. The van der Waals surface area contributed by atoms with Crippen molar-refractivity contribution in [2.75, 3.05) is 0 Å². The summed E-state index contributed by atoms with van der Waals surface area (Å²) in [7, 11) is 0. The molecule has 0 spiro atoms. The molecule has 0 saturated heterocycles. The molecular formula is C18H31N. The Labute approximate surface area is 119 Å². The van der Waals surface area contributed by atoms with Crippen molar-refractivity contribution in [2.24, 2.45) is 28.9 Å². The van der Waals surface area contributed by atoms with Crippen LogP contribution in [0.15, 0.2) is 12.7 Å². The van der Waals surface area contributed by atoms with Crippen LogP contribution in [0.25, 0.3) is 0 Å². The smallest absolute Gasteiger partial charge is 0.00958 e. The molecule has 1 heteroatoms. The molecule has 1 unspecified atom stereocenters. The average molecular weight is 261 g/mol. The first-order valence-corrected chi connectivity index (χ1v) is 8.58. The predicted octanol–water partition coefficient (Wildman–Crippen LogP) is 4.67. The van der Waals surface area contributed by atoms with Gasteiger partial charge in [0.1, 0.15) is 0 Å². The van der Waals surface area contributed by atoms with E-state index in [4.69, 9.17) is 5.73 Å². The largest absolute Gasteiger partial charge is 0.327 e. The third-order valence-electron chi connectivity index (χ3n) is 6.30. The molecule has 0 amide bonds. The van der Waals surface area contributed by atoms with Crippen molar-refractivity contribution in [3.63, 3.8) is 0 Å². The summed E-state index contributed by atoms with van der Waals surface area (Å²) in [5.74, 6) is 3.12. The van der Waals surface area contributed by atoms with Gasteiger partial charge in [-0.05, 0) is 81.0 Å². The maximum absolute atomic E-state index is 6.67. The molecule has 1 atom stereocenters. The van der Waals surface area contributed by atoms with Gasteiger partial charge in [0.25, 0.3) is 0 Å². The van der Waals surface area contributed by atoms with E-state index in [0.717, 1.165) is 17.8 Å². The molecule has 4 rings (SSSR count). The SMILES string of the molecule is C=CCCCCCC(N)C12CC3CC(CC(C3)C1)C2. The van der Waals surface area contributed by atoms with Crippen molar-refractivity contribution < 1.29 is 0 Å². The van der Waals surface area contributed by atoms with E-state index >= 15 is 0 Å². The first kappa shape index (κ1) is 13.7. The highest BCUT2D eigenvalue weighted by atomic mass is 14.7. The molecule has 0 aromatic rings. The number of hydrogen-bond donors (Lipinski definition) is 1. The first-order chi connectivity index (χ1) is 9.22. The van der Waals surface area contributed by atoms with Gasteiger partial charge in [0, 0.05) is 6.04 Å². The van der Waals surface area contributed by atoms with E-state index in [1.165, 1.54) is 70.6 Å². The van der Waals surface area contributed by atoms with E-state index in [1.807, 2.05) is 6.08 Å². The Bertz CT molecular complexity index is 284. The van der Waals surface area contributed by atoms with Gasteiger partial charge in [-0.2, -0.15) is 0 Å². The second kappa shape index (κ2) is 5.60. The Morgan fingerprint density at radius 1 is 1.00 bits per heavy atom. The summed E-state index contributed by atoms with van der Waals surface area (Å²) in [6, 6.07) is 0.490. The van der Waals surface area contributed by atoms with E-state index in [-0.39, 0.29) is 0 Å². The molecule has 4 saturated carbocycles. The first-order valence-electron chi connectivity index (χ1n) is 8.58. The lowest BCUT2D eigenvalue weighted by Crippen LogP contribution is -2.54. The summed E-state index contributed by atoms with van der Waals surface area (Å²) in [5, 5.41) is 0. The van der Waals surface area contributed by atoms with Crippen LogP contribution in [0.5, 0.6) is 0 Å². The predicted molar refractivity (Wildman–Crippen MR) is 81.9 cm³/mol. The van der Waals surface area contributed by atoms with Gasteiger partial charge in [-0.3, -0.25) is 0 Å². The van der Waals surface area contributed by atoms with Crippen LogP contribution < -0.4 is 5.73 Å². The molecule has 4 fully saturated rings. The summed E-state index contributed by atoms with van der Waals surface area (Å²) < 4.78 is 0. The quantitative estimate of drug-likeness (QED) is 0.523. The number of rotatable bonds is 7. The molecule has 4 bridgehead atoms. The van der Waals surface area contributed by atoms with Gasteiger partial charge in [0.2, 0.25) is 0 Å². The van der Waals surface area contributed by atoms with Gasteiger partial charge in [0.05, 0.1) is 0 Å². The maximum Gasteiger partial charge on any atom is 0.00958 e. The van der Waals surface area contributed by atoms with Crippen LogP contribution in [0.1, 0.15) is 70.6 Å². The van der Waals surface area contributed by atoms with E-state index in [1.54, 1.807) is 0 Å². The lowest BCUT2D eigenvalue weighted by atomic mass is 9.47. The minimum atomic E-state index is 0.490. The van der Waals surface area contributed by atoms with Crippen molar-refractivity contribution in [3.05, 3.63) is 12.7 Å². The topological polar surface area (TPSA) is 26.0 Å². The fourth-order valence-electron chi connectivity index (χ4n) is 5.77. The van der Waals surface area contributed by atoms with Crippen molar-refractivity contribution in [1.82, 2.24) is 0 Å². The van der Waals surface area contributed by atoms with Gasteiger partial charge in [-0.1, -0.05) is 18.9 Å². The molecular weight excluding hydrogens is 230 g/mol. The summed E-state index contributed by atoms with van der Waals surface area (Å²) >= 11 is 0. The van der Waals surface area contributed by atoms with Crippen LogP contribution in [-0.4, -0.2) is 6.04 Å². The van der Waals surface area contributed by atoms with E-state index in [0.29, 0.717) is 11.5 Å². The van der Waals surface area contributed by atoms with E-state index in [2.05, 4.69) is 6.58 Å². The Morgan fingerprint density at radius 3 is 2.11 bits per heavy atom. The standard InChI is InChI=1S/C18H31N/c1-2-3-4-5-6-7-17(19)18-11-14-8-15(12-18)10-16(9-14)13-18/h2,14-17H,1,3-13,19H2. The van der Waals surface area contributed by atoms with Gasteiger partial charge >= 0.3 is 0 Å². The minimum Gasteiger partial charge on any atom is -0.327 e. The molecule has 4 aliphatic rings. The highest BCUT2D eigenvalue weighted by Crippen LogP contribution is 2.61. The number of unbranched alkanes of at least 4 members (excludes halogenated alkanes) is 3. The lowest BCUT2D eigenvalue weighted by molar-refractivity contribution is -0.0684. The monoisotopic (exact) mass is 261 g/mol. The van der Waals surface area contributed by atoms with Gasteiger partial charge in [0.15, 0.2) is 0 Å². The molecule has 0 radical (unpaired) electrons. The zero-order valence-electron chi connectivity index (χ0n) is 12.4. The summed E-state index contributed by atoms with van der Waals surface area (Å²) in [6.45, 7) is 3.80. The van der Waals surface area contributed by atoms with E-state index < -0.39 is 0 Å². The van der Waals surface area contributed by atoms with Crippen LogP contribution in [0.4, 0.5) is 0 Å². The normalized spacial score (nSPS) is 41.4. The average Bonchev–Trinajstić information content (AvgIpc) is 2.36. The third-order valence-corrected chi connectivity index (χ3v) is 6.30. The van der Waals surface area contributed by atoms with Gasteiger partial charge < -0.3 is 5.73 Å². The molecule has 0 aromatic carbocycles. The van der Waals surface area contributed by atoms with Gasteiger partial charge in [-0.15, -0.1) is 6.58 Å². The summed E-state index contributed by atoms with van der Waals surface area (Å²) in [4.78, 5) is 0.